The highest BCUT2D eigenvalue weighted by atomic mass is 32.2. The van der Waals surface area contributed by atoms with Crippen LogP contribution in [0.3, 0.4) is 0 Å². The zero-order chi connectivity index (χ0) is 22.9. The third-order valence-corrected chi connectivity index (χ3v) is 8.69. The van der Waals surface area contributed by atoms with Gasteiger partial charge in [0.25, 0.3) is 20.0 Å². The first-order chi connectivity index (χ1) is 15.1. The fourth-order valence-electron chi connectivity index (χ4n) is 3.22. The van der Waals surface area contributed by atoms with Crippen molar-refractivity contribution in [2.24, 2.45) is 0 Å². The van der Waals surface area contributed by atoms with Crippen LogP contribution in [0.25, 0.3) is 0 Å². The van der Waals surface area contributed by atoms with Gasteiger partial charge in [0.05, 0.1) is 18.1 Å². The van der Waals surface area contributed by atoms with Crippen LogP contribution in [-0.2, 0) is 20.0 Å². The normalized spacial score (nSPS) is 13.9. The lowest BCUT2D eigenvalue weighted by Crippen LogP contribution is -2.14. The lowest BCUT2D eigenvalue weighted by Gasteiger charge is -2.12. The van der Waals surface area contributed by atoms with Gasteiger partial charge in [-0.05, 0) is 56.3 Å². The number of nitrogens with one attached hydrogen (secondary N) is 2. The summed E-state index contributed by atoms with van der Waals surface area (Å²) >= 11 is 1.41. The van der Waals surface area contributed by atoms with Crippen molar-refractivity contribution >= 4 is 42.8 Å². The molecule has 170 valence electrons. The first-order valence-electron chi connectivity index (χ1n) is 9.76. The Morgan fingerprint density at radius 1 is 0.781 bits per heavy atom. The molecule has 0 unspecified atom stereocenters. The summed E-state index contributed by atoms with van der Waals surface area (Å²) in [5.74, 6) is 0.892. The Bertz CT molecular complexity index is 1350. The van der Waals surface area contributed by atoms with Crippen molar-refractivity contribution < 1.29 is 26.3 Å². The average molecular weight is 495 g/mol. The van der Waals surface area contributed by atoms with Crippen molar-refractivity contribution in [3.63, 3.8) is 0 Å². The van der Waals surface area contributed by atoms with Gasteiger partial charge in [-0.1, -0.05) is 0 Å². The molecule has 0 aliphatic carbocycles. The maximum Gasteiger partial charge on any atom is 0.262 e. The Morgan fingerprint density at radius 2 is 1.38 bits per heavy atom. The molecule has 2 heterocycles. The Hall–Kier alpha value is -2.76. The number of aryl methyl sites for hydroxylation is 2. The first kappa shape index (κ1) is 22.4. The molecule has 0 radical (unpaired) electrons. The molecule has 0 atom stereocenters. The van der Waals surface area contributed by atoms with Crippen molar-refractivity contribution in [2.45, 2.75) is 30.1 Å². The summed E-state index contributed by atoms with van der Waals surface area (Å²) in [4.78, 5) is 1.88. The monoisotopic (exact) mass is 494 g/mol. The van der Waals surface area contributed by atoms with E-state index in [1.807, 2.05) is 6.92 Å². The van der Waals surface area contributed by atoms with Gasteiger partial charge in [-0.15, -0.1) is 11.3 Å². The smallest absolute Gasteiger partial charge is 0.262 e. The maximum absolute atomic E-state index is 12.8. The maximum atomic E-state index is 12.8. The molecule has 0 spiro atoms. The van der Waals surface area contributed by atoms with Crippen LogP contribution in [0.15, 0.2) is 58.3 Å². The van der Waals surface area contributed by atoms with Gasteiger partial charge in [-0.3, -0.25) is 9.44 Å². The van der Waals surface area contributed by atoms with Gasteiger partial charge in [-0.2, -0.15) is 0 Å². The minimum absolute atomic E-state index is 0.0369. The van der Waals surface area contributed by atoms with Gasteiger partial charge >= 0.3 is 0 Å². The number of ether oxygens (including phenoxy) is 2. The fraction of sp³-hybridized carbons (Fsp3) is 0.238. The van der Waals surface area contributed by atoms with E-state index in [0.717, 1.165) is 11.3 Å². The number of fused-ring (bicyclic) bond motifs is 1. The van der Waals surface area contributed by atoms with Crippen molar-refractivity contribution in [1.82, 2.24) is 0 Å². The summed E-state index contributed by atoms with van der Waals surface area (Å²) in [5.41, 5.74) is 0.620. The molecular weight excluding hydrogens is 472 g/mol. The molecule has 1 aromatic heterocycles. The second-order valence-corrected chi connectivity index (χ2v) is 12.0. The molecule has 3 aromatic rings. The molecule has 0 amide bonds. The van der Waals surface area contributed by atoms with Crippen LogP contribution >= 0.6 is 11.3 Å². The minimum Gasteiger partial charge on any atom is -0.490 e. The molecule has 0 bridgehead atoms. The van der Waals surface area contributed by atoms with E-state index in [1.165, 1.54) is 47.7 Å². The highest BCUT2D eigenvalue weighted by molar-refractivity contribution is 7.93. The quantitative estimate of drug-likeness (QED) is 0.533. The summed E-state index contributed by atoms with van der Waals surface area (Å²) in [7, 11) is -7.61. The number of hydrogen-bond acceptors (Lipinski definition) is 7. The van der Waals surface area contributed by atoms with Crippen LogP contribution in [0.2, 0.25) is 0 Å². The Labute approximate surface area is 191 Å². The molecule has 8 nitrogen and oxygen atoms in total. The van der Waals surface area contributed by atoms with Gasteiger partial charge in [0.1, 0.15) is 4.90 Å². The molecule has 4 rings (SSSR count). The molecule has 2 N–H and O–H groups in total. The first-order valence-corrected chi connectivity index (χ1v) is 13.5. The summed E-state index contributed by atoms with van der Waals surface area (Å²) in [6, 6.07) is 12.0. The van der Waals surface area contributed by atoms with E-state index in [2.05, 4.69) is 9.44 Å². The van der Waals surface area contributed by atoms with Crippen LogP contribution < -0.4 is 18.9 Å². The Kier molecular flexibility index (Phi) is 6.06. The van der Waals surface area contributed by atoms with E-state index < -0.39 is 20.0 Å². The van der Waals surface area contributed by atoms with Gasteiger partial charge in [-0.25, -0.2) is 16.8 Å². The molecule has 0 saturated heterocycles. The van der Waals surface area contributed by atoms with Gasteiger partial charge in [0.15, 0.2) is 11.5 Å². The van der Waals surface area contributed by atoms with Crippen LogP contribution in [0.4, 0.5) is 11.4 Å². The number of rotatable bonds is 6. The van der Waals surface area contributed by atoms with E-state index in [4.69, 9.17) is 9.47 Å². The standard InChI is InChI=1S/C21H22N2O6S3/c1-14-12-21(15(2)30-14)32(26,27)23-17-6-4-16(5-7-17)22-31(24,25)18-8-9-19-20(13-18)29-11-3-10-28-19/h4-9,12-13,22-23H,3,10-11H2,1-2H3. The van der Waals surface area contributed by atoms with Crippen LogP contribution in [0.1, 0.15) is 16.2 Å². The topological polar surface area (TPSA) is 111 Å². The van der Waals surface area contributed by atoms with Crippen molar-refractivity contribution in [3.8, 4) is 11.5 Å². The molecule has 1 aliphatic heterocycles. The third-order valence-electron chi connectivity index (χ3n) is 4.70. The summed E-state index contributed by atoms with van der Waals surface area (Å²) in [5, 5.41) is 0. The molecule has 0 saturated carbocycles. The zero-order valence-electron chi connectivity index (χ0n) is 17.4. The number of sulfonamides is 2. The molecule has 1 aliphatic rings. The zero-order valence-corrected chi connectivity index (χ0v) is 19.9. The Morgan fingerprint density at radius 3 is 1.97 bits per heavy atom. The van der Waals surface area contributed by atoms with E-state index in [-0.39, 0.29) is 9.79 Å². The second kappa shape index (κ2) is 8.64. The lowest BCUT2D eigenvalue weighted by molar-refractivity contribution is 0.297. The summed E-state index contributed by atoms with van der Waals surface area (Å²) < 4.78 is 67.0. The number of benzene rings is 2. The average Bonchev–Trinajstić information content (AvgIpc) is 2.94. The molecule has 32 heavy (non-hydrogen) atoms. The summed E-state index contributed by atoms with van der Waals surface area (Å²) in [6.07, 6.45) is 0.719. The highest BCUT2D eigenvalue weighted by Crippen LogP contribution is 2.33. The van der Waals surface area contributed by atoms with Crippen molar-refractivity contribution in [1.29, 1.82) is 0 Å². The number of hydrogen-bond donors (Lipinski definition) is 2. The fourth-order valence-corrected chi connectivity index (χ4v) is 6.90. The van der Waals surface area contributed by atoms with Crippen LogP contribution in [-0.4, -0.2) is 30.0 Å². The second-order valence-electron chi connectivity index (χ2n) is 7.22. The van der Waals surface area contributed by atoms with E-state index in [0.29, 0.717) is 41.0 Å². The van der Waals surface area contributed by atoms with Crippen molar-refractivity contribution in [3.05, 3.63) is 58.3 Å². The summed E-state index contributed by atoms with van der Waals surface area (Å²) in [6.45, 7) is 4.56. The molecule has 2 aromatic carbocycles. The number of thiophene rings is 1. The van der Waals surface area contributed by atoms with Crippen molar-refractivity contribution in [2.75, 3.05) is 22.7 Å². The SMILES string of the molecule is Cc1cc(S(=O)(=O)Nc2ccc(NS(=O)(=O)c3ccc4c(c3)OCCCO4)cc2)c(C)s1. The third kappa shape index (κ3) is 4.84. The van der Waals surface area contributed by atoms with E-state index in [1.54, 1.807) is 19.1 Å². The molecule has 11 heteroatoms. The van der Waals surface area contributed by atoms with Crippen LogP contribution in [0, 0.1) is 13.8 Å². The van der Waals surface area contributed by atoms with E-state index >= 15 is 0 Å². The van der Waals surface area contributed by atoms with Crippen LogP contribution in [0.5, 0.6) is 11.5 Å². The van der Waals surface area contributed by atoms with Gasteiger partial charge < -0.3 is 9.47 Å². The predicted octanol–water partition coefficient (Wildman–Crippen LogP) is 4.13. The molecular formula is C21H22N2O6S3. The van der Waals surface area contributed by atoms with E-state index in [9.17, 15) is 16.8 Å². The highest BCUT2D eigenvalue weighted by Gasteiger charge is 2.21. The van der Waals surface area contributed by atoms with Gasteiger partial charge in [0, 0.05) is 33.6 Å². The molecule has 0 fully saturated rings. The predicted molar refractivity (Wildman–Crippen MR) is 124 cm³/mol. The largest absolute Gasteiger partial charge is 0.490 e. The minimum atomic E-state index is -3.88. The Balaban J connectivity index is 1.50. The lowest BCUT2D eigenvalue weighted by atomic mass is 10.3. The number of anilines is 2. The van der Waals surface area contributed by atoms with Gasteiger partial charge in [0.2, 0.25) is 0 Å².